The van der Waals surface area contributed by atoms with Crippen LogP contribution in [0.2, 0.25) is 0 Å². The molecule has 0 aliphatic rings. The fraction of sp³-hybridized carbons (Fsp3) is 0.286. The average Bonchev–Trinajstić information content (AvgIpc) is 2.02. The third-order valence-corrected chi connectivity index (χ3v) is 1.37. The molecule has 0 aliphatic carbocycles. The summed E-state index contributed by atoms with van der Waals surface area (Å²) in [4.78, 5) is 2.96. The molecule has 0 aliphatic heterocycles. The van der Waals surface area contributed by atoms with Gasteiger partial charge in [-0.05, 0) is 0 Å². The standard InChI is InChI=1S/C7H5F4NO/c1-13-4-2-3(8)5(6(9)10)7(11)12-4/h2,6H,1H3. The van der Waals surface area contributed by atoms with Gasteiger partial charge in [-0.1, -0.05) is 0 Å². The third-order valence-electron chi connectivity index (χ3n) is 1.37. The van der Waals surface area contributed by atoms with Crippen molar-refractivity contribution >= 4 is 0 Å². The highest BCUT2D eigenvalue weighted by atomic mass is 19.3. The summed E-state index contributed by atoms with van der Waals surface area (Å²) in [6.07, 6.45) is -3.22. The molecule has 1 aromatic rings. The van der Waals surface area contributed by atoms with Gasteiger partial charge in [0.1, 0.15) is 11.4 Å². The largest absolute Gasteiger partial charge is 0.481 e. The number of aromatic nitrogens is 1. The Labute approximate surface area is 71.2 Å². The zero-order valence-electron chi connectivity index (χ0n) is 6.52. The Morgan fingerprint density at radius 3 is 2.38 bits per heavy atom. The highest BCUT2D eigenvalue weighted by Crippen LogP contribution is 2.26. The molecule has 0 amide bonds. The van der Waals surface area contributed by atoms with Crippen LogP contribution in [0.25, 0.3) is 0 Å². The normalized spacial score (nSPS) is 10.6. The summed E-state index contributed by atoms with van der Waals surface area (Å²) in [6.45, 7) is 0. The molecule has 0 N–H and O–H groups in total. The number of hydrogen-bond donors (Lipinski definition) is 0. The van der Waals surface area contributed by atoms with E-state index in [1.54, 1.807) is 0 Å². The van der Waals surface area contributed by atoms with Crippen LogP contribution in [0.4, 0.5) is 17.6 Å². The summed E-state index contributed by atoms with van der Waals surface area (Å²) in [7, 11) is 1.13. The lowest BCUT2D eigenvalue weighted by Crippen LogP contribution is -2.01. The molecule has 6 heteroatoms. The van der Waals surface area contributed by atoms with E-state index in [-0.39, 0.29) is 5.88 Å². The van der Waals surface area contributed by atoms with Gasteiger partial charge < -0.3 is 4.74 Å². The van der Waals surface area contributed by atoms with Crippen molar-refractivity contribution in [1.29, 1.82) is 0 Å². The zero-order valence-corrected chi connectivity index (χ0v) is 6.52. The number of nitrogens with zero attached hydrogens (tertiary/aromatic N) is 1. The zero-order chi connectivity index (χ0) is 10.0. The summed E-state index contributed by atoms with van der Waals surface area (Å²) in [5, 5.41) is 0. The van der Waals surface area contributed by atoms with Crippen LogP contribution in [-0.2, 0) is 0 Å². The quantitative estimate of drug-likeness (QED) is 0.533. The molecule has 0 fully saturated rings. The molecule has 0 bridgehead atoms. The number of methoxy groups -OCH3 is 1. The minimum Gasteiger partial charge on any atom is -0.481 e. The van der Waals surface area contributed by atoms with Crippen molar-refractivity contribution in [2.24, 2.45) is 0 Å². The van der Waals surface area contributed by atoms with Crippen LogP contribution in [-0.4, -0.2) is 12.1 Å². The smallest absolute Gasteiger partial charge is 0.271 e. The number of rotatable bonds is 2. The summed E-state index contributed by atoms with van der Waals surface area (Å²) < 4.78 is 53.6. The fourth-order valence-electron chi connectivity index (χ4n) is 0.773. The number of halogens is 4. The molecule has 72 valence electrons. The first-order chi connectivity index (χ1) is 6.06. The topological polar surface area (TPSA) is 22.1 Å². The molecule has 0 saturated heterocycles. The lowest BCUT2D eigenvalue weighted by atomic mass is 10.2. The minimum atomic E-state index is -3.22. The van der Waals surface area contributed by atoms with Crippen molar-refractivity contribution in [3.8, 4) is 5.88 Å². The van der Waals surface area contributed by atoms with Crippen molar-refractivity contribution in [2.75, 3.05) is 7.11 Å². The molecule has 0 spiro atoms. The Bertz CT molecular complexity index is 292. The number of hydrogen-bond acceptors (Lipinski definition) is 2. The van der Waals surface area contributed by atoms with Gasteiger partial charge in [0.2, 0.25) is 11.8 Å². The van der Waals surface area contributed by atoms with Crippen LogP contribution in [0.5, 0.6) is 5.88 Å². The predicted octanol–water partition coefficient (Wildman–Crippen LogP) is 2.31. The second-order valence-corrected chi connectivity index (χ2v) is 2.15. The van der Waals surface area contributed by atoms with Gasteiger partial charge in [-0.25, -0.2) is 13.2 Å². The first kappa shape index (κ1) is 9.76. The van der Waals surface area contributed by atoms with E-state index in [2.05, 4.69) is 9.72 Å². The van der Waals surface area contributed by atoms with E-state index < -0.39 is 23.8 Å². The second-order valence-electron chi connectivity index (χ2n) is 2.15. The second kappa shape index (κ2) is 3.59. The molecule has 0 aromatic carbocycles. The maximum absolute atomic E-state index is 12.7. The van der Waals surface area contributed by atoms with E-state index in [9.17, 15) is 17.6 Å². The molecular weight excluding hydrogens is 190 g/mol. The van der Waals surface area contributed by atoms with E-state index >= 15 is 0 Å². The Hall–Kier alpha value is -1.33. The maximum Gasteiger partial charge on any atom is 0.271 e. The van der Waals surface area contributed by atoms with Gasteiger partial charge in [0.25, 0.3) is 6.43 Å². The van der Waals surface area contributed by atoms with E-state index in [0.717, 1.165) is 7.11 Å². The molecule has 1 heterocycles. The Morgan fingerprint density at radius 2 is 2.00 bits per heavy atom. The third kappa shape index (κ3) is 1.88. The summed E-state index contributed by atoms with van der Waals surface area (Å²) in [5.74, 6) is -3.29. The lowest BCUT2D eigenvalue weighted by molar-refractivity contribution is 0.139. The van der Waals surface area contributed by atoms with Gasteiger partial charge in [-0.3, -0.25) is 0 Å². The van der Waals surface area contributed by atoms with Crippen LogP contribution < -0.4 is 4.74 Å². The molecule has 0 saturated carbocycles. The van der Waals surface area contributed by atoms with Crippen molar-refractivity contribution in [1.82, 2.24) is 4.98 Å². The van der Waals surface area contributed by atoms with E-state index in [0.29, 0.717) is 6.07 Å². The van der Waals surface area contributed by atoms with Crippen molar-refractivity contribution in [3.63, 3.8) is 0 Å². The van der Waals surface area contributed by atoms with Gasteiger partial charge in [0.05, 0.1) is 7.11 Å². The maximum atomic E-state index is 12.7. The highest BCUT2D eigenvalue weighted by molar-refractivity contribution is 5.22. The SMILES string of the molecule is COc1cc(F)c(C(F)F)c(F)n1. The highest BCUT2D eigenvalue weighted by Gasteiger charge is 2.21. The monoisotopic (exact) mass is 195 g/mol. The van der Waals surface area contributed by atoms with Gasteiger partial charge in [-0.2, -0.15) is 9.37 Å². The Kier molecular flexibility index (Phi) is 2.69. The lowest BCUT2D eigenvalue weighted by Gasteiger charge is -2.04. The van der Waals surface area contributed by atoms with Gasteiger partial charge in [0.15, 0.2) is 0 Å². The van der Waals surface area contributed by atoms with Crippen LogP contribution >= 0.6 is 0 Å². The van der Waals surface area contributed by atoms with Crippen molar-refractivity contribution in [2.45, 2.75) is 6.43 Å². The van der Waals surface area contributed by atoms with Crippen LogP contribution in [0.15, 0.2) is 6.07 Å². The number of alkyl halides is 2. The summed E-state index contributed by atoms with van der Waals surface area (Å²) >= 11 is 0. The molecule has 0 unspecified atom stereocenters. The van der Waals surface area contributed by atoms with E-state index in [4.69, 9.17) is 0 Å². The van der Waals surface area contributed by atoms with Crippen LogP contribution in [0.3, 0.4) is 0 Å². The van der Waals surface area contributed by atoms with Crippen LogP contribution in [0.1, 0.15) is 12.0 Å². The molecule has 1 rings (SSSR count). The van der Waals surface area contributed by atoms with E-state index in [1.807, 2.05) is 0 Å². The molecule has 2 nitrogen and oxygen atoms in total. The van der Waals surface area contributed by atoms with Gasteiger partial charge in [-0.15, -0.1) is 0 Å². The summed E-state index contributed by atoms with van der Waals surface area (Å²) in [5.41, 5.74) is -1.33. The Balaban J connectivity index is 3.23. The van der Waals surface area contributed by atoms with Gasteiger partial charge in [0, 0.05) is 6.07 Å². The van der Waals surface area contributed by atoms with Crippen molar-refractivity contribution in [3.05, 3.63) is 23.4 Å². The molecular formula is C7H5F4NO. The number of ether oxygens (including phenoxy) is 1. The number of pyridine rings is 1. The first-order valence-corrected chi connectivity index (χ1v) is 3.24. The summed E-state index contributed by atoms with van der Waals surface area (Å²) in [6, 6.07) is 0.602. The average molecular weight is 195 g/mol. The minimum absolute atomic E-state index is 0.376. The van der Waals surface area contributed by atoms with Crippen molar-refractivity contribution < 1.29 is 22.3 Å². The van der Waals surface area contributed by atoms with E-state index in [1.165, 1.54) is 0 Å². The first-order valence-electron chi connectivity index (χ1n) is 3.24. The molecule has 1 aromatic heterocycles. The predicted molar refractivity (Wildman–Crippen MR) is 35.7 cm³/mol. The Morgan fingerprint density at radius 1 is 1.38 bits per heavy atom. The fourth-order valence-corrected chi connectivity index (χ4v) is 0.773. The molecule has 13 heavy (non-hydrogen) atoms. The molecule has 0 atom stereocenters. The van der Waals surface area contributed by atoms with Crippen LogP contribution in [0, 0.1) is 11.8 Å². The van der Waals surface area contributed by atoms with Gasteiger partial charge >= 0.3 is 0 Å². The molecule has 0 radical (unpaired) electrons.